The van der Waals surface area contributed by atoms with Gasteiger partial charge in [-0.15, -0.1) is 0 Å². The summed E-state index contributed by atoms with van der Waals surface area (Å²) in [5.74, 6) is -0.00733. The van der Waals surface area contributed by atoms with E-state index in [9.17, 15) is 9.59 Å². The van der Waals surface area contributed by atoms with Crippen molar-refractivity contribution in [2.75, 3.05) is 19.6 Å². The molecule has 34 heavy (non-hydrogen) atoms. The molecule has 0 bridgehead atoms. The predicted molar refractivity (Wildman–Crippen MR) is 140 cm³/mol. The van der Waals surface area contributed by atoms with Crippen molar-refractivity contribution in [2.45, 2.75) is 65.6 Å². The van der Waals surface area contributed by atoms with Gasteiger partial charge in [0.25, 0.3) is 5.91 Å². The average Bonchev–Trinajstić information content (AvgIpc) is 3.29. The summed E-state index contributed by atoms with van der Waals surface area (Å²) in [4.78, 5) is 34.0. The number of carbonyl (C=O) groups excluding carboxylic acids is 2. The molecule has 0 aromatic carbocycles. The van der Waals surface area contributed by atoms with Crippen LogP contribution in [0.4, 0.5) is 0 Å². The molecule has 1 saturated heterocycles. The maximum absolute atomic E-state index is 12.9. The van der Waals surface area contributed by atoms with Crippen LogP contribution in [-0.2, 0) is 11.3 Å². The largest absolute Gasteiger partial charge is 0.352 e. The Hall–Kier alpha value is -1.67. The van der Waals surface area contributed by atoms with E-state index in [4.69, 9.17) is 23.2 Å². The number of carbonyl (C=O) groups is 2. The van der Waals surface area contributed by atoms with Crippen LogP contribution in [0.1, 0.15) is 61.5 Å². The van der Waals surface area contributed by atoms with Crippen LogP contribution in [0, 0.1) is 12.8 Å². The fourth-order valence-electron chi connectivity index (χ4n) is 4.47. The number of halogens is 2. The fraction of sp³-hybridized carbons (Fsp3) is 0.560. The molecule has 9 heteroatoms. The van der Waals surface area contributed by atoms with Gasteiger partial charge < -0.3 is 15.1 Å². The van der Waals surface area contributed by atoms with Crippen LogP contribution in [0.5, 0.6) is 0 Å². The normalized spacial score (nSPS) is 16.0. The smallest absolute Gasteiger partial charge is 0.254 e. The molecule has 0 saturated carbocycles. The van der Waals surface area contributed by atoms with Crippen LogP contribution >= 0.6 is 34.5 Å². The molecule has 1 fully saturated rings. The summed E-state index contributed by atoms with van der Waals surface area (Å²) in [5.41, 5.74) is 2.29. The summed E-state index contributed by atoms with van der Waals surface area (Å²) in [6, 6.07) is 4.33. The van der Waals surface area contributed by atoms with Gasteiger partial charge in [0.2, 0.25) is 5.91 Å². The Morgan fingerprint density at radius 1 is 1.26 bits per heavy atom. The van der Waals surface area contributed by atoms with Crippen LogP contribution in [0.15, 0.2) is 22.9 Å². The lowest BCUT2D eigenvalue weighted by molar-refractivity contribution is -0.138. The number of hydrogen-bond donors (Lipinski definition) is 1. The minimum atomic E-state index is -0.228. The van der Waals surface area contributed by atoms with Gasteiger partial charge in [-0.25, -0.2) is 4.98 Å². The van der Waals surface area contributed by atoms with Gasteiger partial charge in [-0.05, 0) is 67.1 Å². The number of rotatable bonds is 9. The van der Waals surface area contributed by atoms with E-state index in [0.717, 1.165) is 32.4 Å². The molecule has 0 radical (unpaired) electrons. The number of amides is 2. The second-order valence-electron chi connectivity index (χ2n) is 9.34. The van der Waals surface area contributed by atoms with Gasteiger partial charge in [0.1, 0.15) is 10.3 Å². The highest BCUT2D eigenvalue weighted by Crippen LogP contribution is 2.24. The molecular weight excluding hydrogens is 491 g/mol. The van der Waals surface area contributed by atoms with Crippen molar-refractivity contribution in [3.05, 3.63) is 49.9 Å². The van der Waals surface area contributed by atoms with Gasteiger partial charge in [-0.3, -0.25) is 9.59 Å². The molecule has 186 valence electrons. The summed E-state index contributed by atoms with van der Waals surface area (Å²) in [6.07, 6.45) is 2.76. The van der Waals surface area contributed by atoms with E-state index in [2.05, 4.69) is 43.9 Å². The molecule has 1 N–H and O–H groups in total. The standard InChI is InChI=1S/C25H34Cl2N4O2S/c1-16(2)25(33)31(14-19-8-12-34-15-19)20-6-10-30(11-7-20)18(4)5-9-28-24(32)22-17(3)13-21(26)29-23(22)27/h8,12-13,15-16,18,20H,5-7,9-11,14H2,1-4H3,(H,28,32). The van der Waals surface area contributed by atoms with Crippen LogP contribution in [0.25, 0.3) is 0 Å². The summed E-state index contributed by atoms with van der Waals surface area (Å²) in [5, 5.41) is 7.56. The highest BCUT2D eigenvalue weighted by Gasteiger charge is 2.30. The van der Waals surface area contributed by atoms with Crippen molar-refractivity contribution in [3.8, 4) is 0 Å². The summed E-state index contributed by atoms with van der Waals surface area (Å²) < 4.78 is 0. The van der Waals surface area contributed by atoms with Crippen molar-refractivity contribution in [3.63, 3.8) is 0 Å². The molecule has 2 amide bonds. The van der Waals surface area contributed by atoms with Gasteiger partial charge in [0.05, 0.1) is 5.56 Å². The van der Waals surface area contributed by atoms with Gasteiger partial charge in [-0.1, -0.05) is 37.0 Å². The van der Waals surface area contributed by atoms with Gasteiger partial charge in [0.15, 0.2) is 0 Å². The number of aromatic nitrogens is 1. The van der Waals surface area contributed by atoms with E-state index in [1.165, 1.54) is 5.56 Å². The number of nitrogens with zero attached hydrogens (tertiary/aromatic N) is 3. The number of aryl methyl sites for hydroxylation is 1. The Kier molecular flexibility index (Phi) is 9.77. The van der Waals surface area contributed by atoms with Crippen LogP contribution in [-0.4, -0.2) is 58.3 Å². The van der Waals surface area contributed by atoms with E-state index in [0.29, 0.717) is 30.3 Å². The Bertz CT molecular complexity index is 952. The number of piperidine rings is 1. The molecule has 2 aromatic heterocycles. The van der Waals surface area contributed by atoms with E-state index in [1.807, 2.05) is 13.8 Å². The molecule has 1 unspecified atom stereocenters. The van der Waals surface area contributed by atoms with E-state index >= 15 is 0 Å². The molecule has 6 nitrogen and oxygen atoms in total. The topological polar surface area (TPSA) is 65.5 Å². The second kappa shape index (κ2) is 12.3. The van der Waals surface area contributed by atoms with Crippen molar-refractivity contribution in [1.29, 1.82) is 0 Å². The number of thiophene rings is 1. The van der Waals surface area contributed by atoms with E-state index in [-0.39, 0.29) is 34.1 Å². The van der Waals surface area contributed by atoms with Crippen molar-refractivity contribution in [1.82, 2.24) is 20.1 Å². The lowest BCUT2D eigenvalue weighted by atomic mass is 9.99. The van der Waals surface area contributed by atoms with Crippen LogP contribution in [0.3, 0.4) is 0 Å². The van der Waals surface area contributed by atoms with Crippen LogP contribution in [0.2, 0.25) is 10.3 Å². The maximum atomic E-state index is 12.9. The molecule has 1 atom stereocenters. The third-order valence-corrected chi connectivity index (χ3v) is 7.69. The first-order valence-corrected chi connectivity index (χ1v) is 13.5. The van der Waals surface area contributed by atoms with E-state index < -0.39 is 0 Å². The highest BCUT2D eigenvalue weighted by atomic mass is 35.5. The van der Waals surface area contributed by atoms with Crippen molar-refractivity contribution < 1.29 is 9.59 Å². The number of likely N-dealkylation sites (tertiary alicyclic amines) is 1. The Morgan fingerprint density at radius 2 is 1.97 bits per heavy atom. The van der Waals surface area contributed by atoms with Crippen molar-refractivity contribution in [2.24, 2.45) is 5.92 Å². The average molecular weight is 526 g/mol. The zero-order valence-electron chi connectivity index (χ0n) is 20.3. The first-order chi connectivity index (χ1) is 16.2. The van der Waals surface area contributed by atoms with Crippen molar-refractivity contribution >= 4 is 46.4 Å². The molecule has 2 aromatic rings. The zero-order chi connectivity index (χ0) is 24.8. The fourth-order valence-corrected chi connectivity index (χ4v) is 5.75. The zero-order valence-corrected chi connectivity index (χ0v) is 22.6. The molecule has 0 spiro atoms. The summed E-state index contributed by atoms with van der Waals surface area (Å²) >= 11 is 13.7. The third kappa shape index (κ3) is 6.94. The monoisotopic (exact) mass is 524 g/mol. The lowest BCUT2D eigenvalue weighted by Gasteiger charge is -2.41. The van der Waals surface area contributed by atoms with Gasteiger partial charge >= 0.3 is 0 Å². The van der Waals surface area contributed by atoms with Gasteiger partial charge in [-0.2, -0.15) is 11.3 Å². The Labute approximate surface area is 216 Å². The first-order valence-electron chi connectivity index (χ1n) is 11.8. The Morgan fingerprint density at radius 3 is 2.56 bits per heavy atom. The molecular formula is C25H34Cl2N4O2S. The first kappa shape index (κ1) is 26.9. The number of hydrogen-bond acceptors (Lipinski definition) is 5. The maximum Gasteiger partial charge on any atom is 0.254 e. The van der Waals surface area contributed by atoms with Gasteiger partial charge in [0, 0.05) is 44.2 Å². The molecule has 0 aliphatic carbocycles. The Balaban J connectivity index is 1.49. The van der Waals surface area contributed by atoms with E-state index in [1.54, 1.807) is 24.3 Å². The summed E-state index contributed by atoms with van der Waals surface area (Å²) in [7, 11) is 0. The number of pyridine rings is 1. The quantitative estimate of drug-likeness (QED) is 0.445. The lowest BCUT2D eigenvalue weighted by Crippen LogP contribution is -2.50. The second-order valence-corrected chi connectivity index (χ2v) is 10.9. The molecule has 1 aliphatic heterocycles. The summed E-state index contributed by atoms with van der Waals surface area (Å²) in [6.45, 7) is 11.1. The number of nitrogens with one attached hydrogen (secondary N) is 1. The minimum Gasteiger partial charge on any atom is -0.352 e. The predicted octanol–water partition coefficient (Wildman–Crippen LogP) is 5.42. The third-order valence-electron chi connectivity index (χ3n) is 6.49. The molecule has 3 rings (SSSR count). The SMILES string of the molecule is Cc1cc(Cl)nc(Cl)c1C(=O)NCCC(C)N1CCC(N(Cc2ccsc2)C(=O)C(C)C)CC1. The van der Waals surface area contributed by atoms with Crippen LogP contribution < -0.4 is 5.32 Å². The minimum absolute atomic E-state index is 0.00724. The molecule has 1 aliphatic rings. The highest BCUT2D eigenvalue weighted by molar-refractivity contribution is 7.07. The molecule has 3 heterocycles.